The third kappa shape index (κ3) is 2.53. The van der Waals surface area contributed by atoms with Crippen molar-refractivity contribution in [2.45, 2.75) is 37.8 Å². The number of nitrogens with zero attached hydrogens (tertiary/aromatic N) is 3. The minimum absolute atomic E-state index is 0.0105. The van der Waals surface area contributed by atoms with Crippen LogP contribution in [0.2, 0.25) is 0 Å². The third-order valence-electron chi connectivity index (χ3n) is 4.06. The first-order chi connectivity index (χ1) is 9.24. The van der Waals surface area contributed by atoms with E-state index in [-0.39, 0.29) is 5.69 Å². The fraction of sp³-hybridized carbons (Fsp3) is 0.615. The van der Waals surface area contributed by atoms with Crippen LogP contribution in [0.5, 0.6) is 0 Å². The summed E-state index contributed by atoms with van der Waals surface area (Å²) in [5.74, 6) is -0.639. The van der Waals surface area contributed by atoms with Gasteiger partial charge < -0.3 is 15.3 Å². The van der Waals surface area contributed by atoms with Gasteiger partial charge in [0.25, 0.3) is 0 Å². The Morgan fingerprint density at radius 3 is 3.00 bits per heavy atom. The van der Waals surface area contributed by atoms with Crippen molar-refractivity contribution in [3.8, 4) is 0 Å². The van der Waals surface area contributed by atoms with Crippen LogP contribution in [0.1, 0.15) is 36.2 Å². The highest BCUT2D eigenvalue weighted by atomic mass is 16.4. The van der Waals surface area contributed by atoms with E-state index in [9.17, 15) is 4.79 Å². The molecule has 2 fully saturated rings. The van der Waals surface area contributed by atoms with E-state index in [1.54, 1.807) is 0 Å². The lowest BCUT2D eigenvalue weighted by atomic mass is 9.97. The fourth-order valence-corrected chi connectivity index (χ4v) is 3.15. The van der Waals surface area contributed by atoms with Gasteiger partial charge in [-0.15, -0.1) is 0 Å². The van der Waals surface area contributed by atoms with Crippen LogP contribution in [-0.2, 0) is 0 Å². The number of aromatic nitrogens is 2. The molecule has 0 saturated carbocycles. The fourth-order valence-electron chi connectivity index (χ4n) is 3.15. The Kier molecular flexibility index (Phi) is 3.33. The second-order valence-electron chi connectivity index (χ2n) is 5.26. The van der Waals surface area contributed by atoms with E-state index in [1.165, 1.54) is 31.8 Å². The lowest BCUT2D eigenvalue weighted by molar-refractivity contribution is 0.0691. The molecule has 1 aromatic heterocycles. The highest BCUT2D eigenvalue weighted by Crippen LogP contribution is 2.28. The van der Waals surface area contributed by atoms with E-state index in [1.807, 2.05) is 0 Å². The quantitative estimate of drug-likeness (QED) is 0.852. The average molecular weight is 262 g/mol. The SMILES string of the molecule is O=C(O)c1nccnc1NC1CCN2CCCC2C1. The van der Waals surface area contributed by atoms with E-state index in [0.29, 0.717) is 17.9 Å². The molecule has 102 valence electrons. The van der Waals surface area contributed by atoms with Crippen molar-refractivity contribution >= 4 is 11.8 Å². The van der Waals surface area contributed by atoms with Gasteiger partial charge in [-0.25, -0.2) is 14.8 Å². The Bertz CT molecular complexity index is 479. The molecule has 2 atom stereocenters. The summed E-state index contributed by atoms with van der Waals surface area (Å²) in [5.41, 5.74) is 0.0105. The maximum absolute atomic E-state index is 11.1. The molecular formula is C13H18N4O2. The van der Waals surface area contributed by atoms with Gasteiger partial charge in [-0.2, -0.15) is 0 Å². The van der Waals surface area contributed by atoms with Gasteiger partial charge in [0.2, 0.25) is 0 Å². The summed E-state index contributed by atoms with van der Waals surface area (Å²) in [6.07, 6.45) is 7.57. The molecule has 2 unspecified atom stereocenters. The number of rotatable bonds is 3. The Labute approximate surface area is 111 Å². The number of piperidine rings is 1. The molecule has 3 rings (SSSR count). The molecule has 0 spiro atoms. The molecule has 0 aliphatic carbocycles. The van der Waals surface area contributed by atoms with Gasteiger partial charge in [0.05, 0.1) is 0 Å². The smallest absolute Gasteiger partial charge is 0.358 e. The largest absolute Gasteiger partial charge is 0.476 e. The number of hydrogen-bond donors (Lipinski definition) is 2. The van der Waals surface area contributed by atoms with Crippen LogP contribution >= 0.6 is 0 Å². The molecule has 2 saturated heterocycles. The van der Waals surface area contributed by atoms with Crippen molar-refractivity contribution in [2.24, 2.45) is 0 Å². The van der Waals surface area contributed by atoms with Crippen LogP contribution in [0.3, 0.4) is 0 Å². The van der Waals surface area contributed by atoms with Crippen molar-refractivity contribution in [2.75, 3.05) is 18.4 Å². The predicted octanol–water partition coefficient (Wildman–Crippen LogP) is 1.21. The lowest BCUT2D eigenvalue weighted by Gasteiger charge is -2.35. The molecule has 2 aliphatic rings. The van der Waals surface area contributed by atoms with E-state index >= 15 is 0 Å². The van der Waals surface area contributed by atoms with E-state index in [4.69, 9.17) is 5.11 Å². The Hall–Kier alpha value is -1.69. The Morgan fingerprint density at radius 1 is 1.32 bits per heavy atom. The van der Waals surface area contributed by atoms with Gasteiger partial charge in [0.1, 0.15) is 0 Å². The van der Waals surface area contributed by atoms with E-state index < -0.39 is 5.97 Å². The van der Waals surface area contributed by atoms with Gasteiger partial charge in [-0.1, -0.05) is 0 Å². The number of nitrogens with one attached hydrogen (secondary N) is 1. The summed E-state index contributed by atoms with van der Waals surface area (Å²) in [7, 11) is 0. The molecule has 6 nitrogen and oxygen atoms in total. The minimum atomic E-state index is -1.03. The second-order valence-corrected chi connectivity index (χ2v) is 5.26. The summed E-state index contributed by atoms with van der Waals surface area (Å²) >= 11 is 0. The molecular weight excluding hydrogens is 244 g/mol. The van der Waals surface area contributed by atoms with Gasteiger partial charge in [0.15, 0.2) is 11.5 Å². The van der Waals surface area contributed by atoms with Gasteiger partial charge >= 0.3 is 5.97 Å². The molecule has 0 radical (unpaired) electrons. The van der Waals surface area contributed by atoms with Crippen LogP contribution in [0.4, 0.5) is 5.82 Å². The van der Waals surface area contributed by atoms with E-state index in [0.717, 1.165) is 19.4 Å². The first-order valence-corrected chi connectivity index (χ1v) is 6.79. The van der Waals surface area contributed by atoms with Crippen LogP contribution in [-0.4, -0.2) is 51.1 Å². The third-order valence-corrected chi connectivity index (χ3v) is 4.06. The standard InChI is InChI=1S/C13H18N4O2/c18-13(19)11-12(15-5-4-14-11)16-9-3-7-17-6-1-2-10(17)8-9/h4-5,9-10H,1-3,6-8H2,(H,15,16)(H,18,19). The van der Waals surface area contributed by atoms with Crippen LogP contribution in [0.15, 0.2) is 12.4 Å². The number of carboxylic acids is 1. The number of carbonyl (C=O) groups is 1. The van der Waals surface area contributed by atoms with Crippen molar-refractivity contribution in [3.05, 3.63) is 18.1 Å². The zero-order valence-corrected chi connectivity index (χ0v) is 10.7. The molecule has 3 heterocycles. The number of aromatic carboxylic acids is 1. The molecule has 0 amide bonds. The number of anilines is 1. The van der Waals surface area contributed by atoms with Gasteiger partial charge in [0, 0.05) is 31.0 Å². The summed E-state index contributed by atoms with van der Waals surface area (Å²) in [6.45, 7) is 2.30. The predicted molar refractivity (Wildman–Crippen MR) is 70.2 cm³/mol. The number of hydrogen-bond acceptors (Lipinski definition) is 5. The first-order valence-electron chi connectivity index (χ1n) is 6.79. The molecule has 0 bridgehead atoms. The summed E-state index contributed by atoms with van der Waals surface area (Å²) in [6, 6.07) is 0.949. The molecule has 2 aliphatic heterocycles. The molecule has 6 heteroatoms. The Balaban J connectivity index is 1.70. The minimum Gasteiger partial charge on any atom is -0.476 e. The summed E-state index contributed by atoms with van der Waals surface area (Å²) < 4.78 is 0. The van der Waals surface area contributed by atoms with Crippen molar-refractivity contribution < 1.29 is 9.90 Å². The van der Waals surface area contributed by atoms with Gasteiger partial charge in [-0.05, 0) is 32.2 Å². The molecule has 19 heavy (non-hydrogen) atoms. The maximum Gasteiger partial charge on any atom is 0.358 e. The normalized spacial score (nSPS) is 26.9. The van der Waals surface area contributed by atoms with Crippen molar-refractivity contribution in [3.63, 3.8) is 0 Å². The zero-order chi connectivity index (χ0) is 13.2. The van der Waals surface area contributed by atoms with Gasteiger partial charge in [-0.3, -0.25) is 0 Å². The monoisotopic (exact) mass is 262 g/mol. The van der Waals surface area contributed by atoms with Crippen molar-refractivity contribution in [1.82, 2.24) is 14.9 Å². The topological polar surface area (TPSA) is 78.3 Å². The van der Waals surface area contributed by atoms with Crippen LogP contribution < -0.4 is 5.32 Å². The maximum atomic E-state index is 11.1. The Morgan fingerprint density at radius 2 is 2.16 bits per heavy atom. The highest BCUT2D eigenvalue weighted by Gasteiger charge is 2.32. The second kappa shape index (κ2) is 5.13. The lowest BCUT2D eigenvalue weighted by Crippen LogP contribution is -2.43. The van der Waals surface area contributed by atoms with Crippen molar-refractivity contribution in [1.29, 1.82) is 0 Å². The molecule has 1 aromatic rings. The highest BCUT2D eigenvalue weighted by molar-refractivity contribution is 5.90. The summed E-state index contributed by atoms with van der Waals surface area (Å²) in [4.78, 5) is 21.6. The average Bonchev–Trinajstić information content (AvgIpc) is 2.86. The zero-order valence-electron chi connectivity index (χ0n) is 10.7. The van der Waals surface area contributed by atoms with Crippen LogP contribution in [0.25, 0.3) is 0 Å². The number of fused-ring (bicyclic) bond motifs is 1. The number of carboxylic acid groups (broad SMARTS) is 1. The molecule has 0 aromatic carbocycles. The van der Waals surface area contributed by atoms with Crippen LogP contribution in [0, 0.1) is 0 Å². The first kappa shape index (κ1) is 12.3. The van der Waals surface area contributed by atoms with E-state index in [2.05, 4.69) is 20.2 Å². The summed E-state index contributed by atoms with van der Waals surface area (Å²) in [5, 5.41) is 12.4. The molecule has 2 N–H and O–H groups in total.